The third-order valence-electron chi connectivity index (χ3n) is 3.87. The topological polar surface area (TPSA) is 49.0 Å². The summed E-state index contributed by atoms with van der Waals surface area (Å²) in [4.78, 5) is 21.1. The van der Waals surface area contributed by atoms with Gasteiger partial charge in [0.2, 0.25) is 0 Å². The molecule has 2 aromatic carbocycles. The average Bonchev–Trinajstić information content (AvgIpc) is 2.55. The minimum Gasteiger partial charge on any atom is -0.309 e. The first-order chi connectivity index (χ1) is 12.2. The number of aromatic nitrogens is 2. The Hall–Kier alpha value is -2.38. The van der Waals surface area contributed by atoms with Crippen LogP contribution >= 0.6 is 11.6 Å². The number of benzene rings is 2. The zero-order chi connectivity index (χ0) is 18.9. The maximum atomic E-state index is 12.6. The summed E-state index contributed by atoms with van der Waals surface area (Å²) in [6, 6.07) is 9.89. The van der Waals surface area contributed by atoms with Crippen molar-refractivity contribution in [1.29, 1.82) is 0 Å². The molecule has 3 rings (SSSR count). The number of nitrogens with one attached hydrogen (secondary N) is 1. The van der Waals surface area contributed by atoms with E-state index in [9.17, 15) is 18.0 Å². The predicted octanol–water partition coefficient (Wildman–Crippen LogP) is 4.23. The lowest BCUT2D eigenvalue weighted by Crippen LogP contribution is -2.22. The Labute approximate surface area is 152 Å². The Morgan fingerprint density at radius 3 is 2.46 bits per heavy atom. The number of rotatable bonds is 4. The molecule has 0 atom stereocenters. The van der Waals surface area contributed by atoms with Gasteiger partial charge in [-0.3, -0.25) is 9.69 Å². The van der Waals surface area contributed by atoms with E-state index < -0.39 is 11.7 Å². The smallest absolute Gasteiger partial charge is 0.309 e. The number of alkyl halides is 3. The molecule has 0 bridgehead atoms. The normalized spacial score (nSPS) is 12.1. The third kappa shape index (κ3) is 4.23. The number of aromatic amines is 1. The van der Waals surface area contributed by atoms with Crippen LogP contribution in [0.4, 0.5) is 13.2 Å². The van der Waals surface area contributed by atoms with E-state index >= 15 is 0 Å². The van der Waals surface area contributed by atoms with Crippen molar-refractivity contribution in [3.8, 4) is 0 Å². The van der Waals surface area contributed by atoms with Gasteiger partial charge in [-0.25, -0.2) is 4.98 Å². The molecular formula is C18H15ClF3N3O. The Balaban J connectivity index is 1.74. The zero-order valence-corrected chi connectivity index (χ0v) is 14.5. The van der Waals surface area contributed by atoms with Crippen molar-refractivity contribution in [2.75, 3.05) is 7.05 Å². The van der Waals surface area contributed by atoms with E-state index in [0.29, 0.717) is 34.8 Å². The SMILES string of the molecule is CN(Cc1ccc(C(F)(F)F)cc1)Cc1nc2ccc(Cl)cc2c(=O)[nH]1. The number of hydrogen-bond acceptors (Lipinski definition) is 3. The van der Waals surface area contributed by atoms with Gasteiger partial charge in [0, 0.05) is 11.6 Å². The largest absolute Gasteiger partial charge is 0.416 e. The first-order valence-electron chi connectivity index (χ1n) is 7.75. The minimum absolute atomic E-state index is 0.282. The molecule has 0 radical (unpaired) electrons. The molecule has 8 heteroatoms. The molecule has 0 aliphatic heterocycles. The number of hydrogen-bond donors (Lipinski definition) is 1. The van der Waals surface area contributed by atoms with Crippen LogP contribution in [0.25, 0.3) is 10.9 Å². The second-order valence-corrected chi connectivity index (χ2v) is 6.48. The summed E-state index contributed by atoms with van der Waals surface area (Å²) >= 11 is 5.89. The number of H-pyrrole nitrogens is 1. The van der Waals surface area contributed by atoms with Gasteiger partial charge in [-0.2, -0.15) is 13.2 Å². The zero-order valence-electron chi connectivity index (χ0n) is 13.8. The Kier molecular flexibility index (Phi) is 5.02. The van der Waals surface area contributed by atoms with Crippen LogP contribution in [0.2, 0.25) is 5.02 Å². The summed E-state index contributed by atoms with van der Waals surface area (Å²) in [7, 11) is 1.80. The molecule has 0 aliphatic carbocycles. The number of halogens is 4. The van der Waals surface area contributed by atoms with Crippen molar-refractivity contribution in [2.24, 2.45) is 0 Å². The van der Waals surface area contributed by atoms with E-state index in [-0.39, 0.29) is 5.56 Å². The number of nitrogens with zero attached hydrogens (tertiary/aromatic N) is 2. The van der Waals surface area contributed by atoms with Gasteiger partial charge >= 0.3 is 6.18 Å². The van der Waals surface area contributed by atoms with Gasteiger partial charge in [-0.15, -0.1) is 0 Å². The van der Waals surface area contributed by atoms with Gasteiger partial charge in [-0.1, -0.05) is 23.7 Å². The van der Waals surface area contributed by atoms with Gasteiger partial charge < -0.3 is 4.98 Å². The molecule has 3 aromatic rings. The van der Waals surface area contributed by atoms with E-state index in [1.54, 1.807) is 25.2 Å². The van der Waals surface area contributed by atoms with E-state index in [1.807, 2.05) is 4.90 Å². The highest BCUT2D eigenvalue weighted by Crippen LogP contribution is 2.29. The molecule has 0 spiro atoms. The standard InChI is InChI=1S/C18H15ClF3N3O/c1-25(9-11-2-4-12(5-3-11)18(20,21)22)10-16-23-15-7-6-13(19)8-14(15)17(26)24-16/h2-8H,9-10H2,1H3,(H,23,24,26). The van der Waals surface area contributed by atoms with Crippen molar-refractivity contribution in [3.05, 3.63) is 74.8 Å². The maximum absolute atomic E-state index is 12.6. The molecule has 0 amide bonds. The summed E-state index contributed by atoms with van der Waals surface area (Å²) in [6.07, 6.45) is -4.35. The van der Waals surface area contributed by atoms with Gasteiger partial charge in [0.05, 0.1) is 23.0 Å². The van der Waals surface area contributed by atoms with Crippen molar-refractivity contribution in [1.82, 2.24) is 14.9 Å². The number of fused-ring (bicyclic) bond motifs is 1. The lowest BCUT2D eigenvalue weighted by molar-refractivity contribution is -0.137. The first kappa shape index (κ1) is 18.4. The lowest BCUT2D eigenvalue weighted by Gasteiger charge is -2.17. The quantitative estimate of drug-likeness (QED) is 0.735. The Morgan fingerprint density at radius 1 is 1.12 bits per heavy atom. The molecule has 1 heterocycles. The van der Waals surface area contributed by atoms with Crippen LogP contribution in [-0.4, -0.2) is 21.9 Å². The molecular weight excluding hydrogens is 367 g/mol. The minimum atomic E-state index is -4.35. The molecule has 0 saturated heterocycles. The molecule has 4 nitrogen and oxygen atoms in total. The van der Waals surface area contributed by atoms with Gasteiger partial charge in [0.15, 0.2) is 0 Å². The molecule has 0 fully saturated rings. The van der Waals surface area contributed by atoms with Crippen LogP contribution in [-0.2, 0) is 19.3 Å². The van der Waals surface area contributed by atoms with Gasteiger partial charge in [-0.05, 0) is 42.9 Å². The van der Waals surface area contributed by atoms with E-state index in [0.717, 1.165) is 17.7 Å². The molecule has 1 N–H and O–H groups in total. The molecule has 0 unspecified atom stereocenters. The summed E-state index contributed by atoms with van der Waals surface area (Å²) in [6.45, 7) is 0.759. The van der Waals surface area contributed by atoms with Crippen molar-refractivity contribution >= 4 is 22.5 Å². The van der Waals surface area contributed by atoms with Crippen molar-refractivity contribution < 1.29 is 13.2 Å². The highest BCUT2D eigenvalue weighted by Gasteiger charge is 2.29. The molecule has 136 valence electrons. The fourth-order valence-corrected chi connectivity index (χ4v) is 2.83. The second kappa shape index (κ2) is 7.09. The third-order valence-corrected chi connectivity index (χ3v) is 4.10. The highest BCUT2D eigenvalue weighted by molar-refractivity contribution is 6.31. The second-order valence-electron chi connectivity index (χ2n) is 6.04. The van der Waals surface area contributed by atoms with Crippen molar-refractivity contribution in [3.63, 3.8) is 0 Å². The highest BCUT2D eigenvalue weighted by atomic mass is 35.5. The van der Waals surface area contributed by atoms with Crippen LogP contribution < -0.4 is 5.56 Å². The Bertz CT molecular complexity index is 984. The lowest BCUT2D eigenvalue weighted by atomic mass is 10.1. The molecule has 0 saturated carbocycles. The summed E-state index contributed by atoms with van der Waals surface area (Å²) < 4.78 is 37.8. The summed E-state index contributed by atoms with van der Waals surface area (Å²) in [5.74, 6) is 0.472. The van der Waals surface area contributed by atoms with Crippen LogP contribution in [0.1, 0.15) is 17.0 Å². The predicted molar refractivity (Wildman–Crippen MR) is 94.0 cm³/mol. The monoisotopic (exact) mass is 381 g/mol. The fraction of sp³-hybridized carbons (Fsp3) is 0.222. The molecule has 26 heavy (non-hydrogen) atoms. The van der Waals surface area contributed by atoms with Gasteiger partial charge in [0.1, 0.15) is 5.82 Å². The first-order valence-corrected chi connectivity index (χ1v) is 8.13. The summed E-state index contributed by atoms with van der Waals surface area (Å²) in [5, 5.41) is 0.864. The van der Waals surface area contributed by atoms with Crippen molar-refractivity contribution in [2.45, 2.75) is 19.3 Å². The van der Waals surface area contributed by atoms with Crippen LogP contribution in [0, 0.1) is 0 Å². The van der Waals surface area contributed by atoms with Crippen LogP contribution in [0.5, 0.6) is 0 Å². The average molecular weight is 382 g/mol. The fourth-order valence-electron chi connectivity index (χ4n) is 2.66. The maximum Gasteiger partial charge on any atom is 0.416 e. The van der Waals surface area contributed by atoms with Crippen LogP contribution in [0.3, 0.4) is 0 Å². The van der Waals surface area contributed by atoms with E-state index in [2.05, 4.69) is 9.97 Å². The van der Waals surface area contributed by atoms with Gasteiger partial charge in [0.25, 0.3) is 5.56 Å². The van der Waals surface area contributed by atoms with E-state index in [1.165, 1.54) is 12.1 Å². The summed E-state index contributed by atoms with van der Waals surface area (Å²) in [5.41, 5.74) is 0.310. The van der Waals surface area contributed by atoms with Crippen LogP contribution in [0.15, 0.2) is 47.3 Å². The van der Waals surface area contributed by atoms with E-state index in [4.69, 9.17) is 11.6 Å². The molecule has 1 aromatic heterocycles. The molecule has 0 aliphatic rings. The Morgan fingerprint density at radius 2 is 1.81 bits per heavy atom.